The van der Waals surface area contributed by atoms with Crippen LogP contribution in [-0.4, -0.2) is 0 Å². The number of benzene rings is 2. The van der Waals surface area contributed by atoms with E-state index in [-0.39, 0.29) is 4.83 Å². The van der Waals surface area contributed by atoms with Gasteiger partial charge >= 0.3 is 0 Å². The summed E-state index contributed by atoms with van der Waals surface area (Å²) in [6, 6.07) is 13.4. The lowest BCUT2D eigenvalue weighted by Gasteiger charge is -2.13. The van der Waals surface area contributed by atoms with Gasteiger partial charge in [0.1, 0.15) is 0 Å². The first-order chi connectivity index (χ1) is 8.59. The summed E-state index contributed by atoms with van der Waals surface area (Å²) in [7, 11) is 0. The summed E-state index contributed by atoms with van der Waals surface area (Å²) in [5.41, 5.74) is 2.06. The molecule has 0 aliphatic heterocycles. The van der Waals surface area contributed by atoms with Gasteiger partial charge < -0.3 is 0 Å². The van der Waals surface area contributed by atoms with Crippen LogP contribution in [0, 0.1) is 0 Å². The van der Waals surface area contributed by atoms with Crippen molar-refractivity contribution < 1.29 is 0 Å². The first-order valence-corrected chi connectivity index (χ1v) is 7.46. The topological polar surface area (TPSA) is 0 Å². The SMILES string of the molecule is Clc1ccccc1CC(Br)c1cccc(Cl)c1Cl. The number of rotatable bonds is 3. The summed E-state index contributed by atoms with van der Waals surface area (Å²) < 4.78 is 0. The second kappa shape index (κ2) is 6.29. The van der Waals surface area contributed by atoms with Crippen molar-refractivity contribution in [1.82, 2.24) is 0 Å². The van der Waals surface area contributed by atoms with Crippen LogP contribution in [-0.2, 0) is 6.42 Å². The highest BCUT2D eigenvalue weighted by Gasteiger charge is 2.15. The van der Waals surface area contributed by atoms with Crippen LogP contribution in [0.5, 0.6) is 0 Å². The predicted octanol–water partition coefficient (Wildman–Crippen LogP) is 6.33. The van der Waals surface area contributed by atoms with Crippen molar-refractivity contribution >= 4 is 50.7 Å². The van der Waals surface area contributed by atoms with E-state index < -0.39 is 0 Å². The molecule has 0 nitrogen and oxygen atoms in total. The van der Waals surface area contributed by atoms with Crippen molar-refractivity contribution in [3.63, 3.8) is 0 Å². The van der Waals surface area contributed by atoms with Crippen LogP contribution < -0.4 is 0 Å². The van der Waals surface area contributed by atoms with Crippen molar-refractivity contribution in [2.75, 3.05) is 0 Å². The van der Waals surface area contributed by atoms with E-state index in [0.29, 0.717) is 10.0 Å². The summed E-state index contributed by atoms with van der Waals surface area (Å²) in [4.78, 5) is 0.0867. The molecule has 0 aliphatic carbocycles. The summed E-state index contributed by atoms with van der Waals surface area (Å²) >= 11 is 22.0. The fourth-order valence-electron chi connectivity index (χ4n) is 1.73. The molecule has 0 saturated heterocycles. The standard InChI is InChI=1S/C14H10BrCl3/c15-11(8-9-4-1-2-6-12(9)16)10-5-3-7-13(17)14(10)18/h1-7,11H,8H2. The lowest BCUT2D eigenvalue weighted by atomic mass is 10.0. The lowest BCUT2D eigenvalue weighted by molar-refractivity contribution is 0.949. The lowest BCUT2D eigenvalue weighted by Crippen LogP contribution is -1.97. The highest BCUT2D eigenvalue weighted by molar-refractivity contribution is 9.09. The zero-order chi connectivity index (χ0) is 13.1. The molecule has 0 fully saturated rings. The first kappa shape index (κ1) is 14.2. The van der Waals surface area contributed by atoms with Gasteiger partial charge in [-0.1, -0.05) is 81.1 Å². The quantitative estimate of drug-likeness (QED) is 0.559. The Kier molecular flexibility index (Phi) is 4.97. The van der Waals surface area contributed by atoms with Crippen LogP contribution in [0.3, 0.4) is 0 Å². The molecule has 1 atom stereocenters. The molecule has 1 unspecified atom stereocenters. The van der Waals surface area contributed by atoms with Gasteiger partial charge in [-0.05, 0) is 29.7 Å². The third-order valence-corrected chi connectivity index (χ3v) is 4.70. The third-order valence-electron chi connectivity index (χ3n) is 2.68. The van der Waals surface area contributed by atoms with E-state index in [1.165, 1.54) is 0 Å². The van der Waals surface area contributed by atoms with Gasteiger partial charge in [0, 0.05) is 9.85 Å². The van der Waals surface area contributed by atoms with Crippen LogP contribution in [0.4, 0.5) is 0 Å². The Hall–Kier alpha value is -0.210. The van der Waals surface area contributed by atoms with Crippen LogP contribution in [0.15, 0.2) is 42.5 Å². The number of hydrogen-bond donors (Lipinski definition) is 0. The zero-order valence-electron chi connectivity index (χ0n) is 9.34. The molecular formula is C14H10BrCl3. The van der Waals surface area contributed by atoms with Gasteiger partial charge in [0.05, 0.1) is 10.0 Å². The van der Waals surface area contributed by atoms with E-state index in [2.05, 4.69) is 15.9 Å². The van der Waals surface area contributed by atoms with Crippen LogP contribution >= 0.6 is 50.7 Å². The number of halogens is 4. The highest BCUT2D eigenvalue weighted by Crippen LogP contribution is 2.36. The maximum Gasteiger partial charge on any atom is 0.0635 e. The average Bonchev–Trinajstić information content (AvgIpc) is 2.35. The Morgan fingerprint density at radius 3 is 2.28 bits per heavy atom. The van der Waals surface area contributed by atoms with Crippen LogP contribution in [0.25, 0.3) is 0 Å². The first-order valence-electron chi connectivity index (χ1n) is 5.41. The van der Waals surface area contributed by atoms with Gasteiger partial charge in [0.2, 0.25) is 0 Å². The van der Waals surface area contributed by atoms with Crippen molar-refractivity contribution in [1.29, 1.82) is 0 Å². The van der Waals surface area contributed by atoms with Crippen molar-refractivity contribution in [3.8, 4) is 0 Å². The maximum atomic E-state index is 6.20. The predicted molar refractivity (Wildman–Crippen MR) is 83.3 cm³/mol. The molecule has 0 aliphatic rings. The van der Waals surface area contributed by atoms with Crippen molar-refractivity contribution in [2.24, 2.45) is 0 Å². The van der Waals surface area contributed by atoms with E-state index >= 15 is 0 Å². The molecule has 2 rings (SSSR count). The van der Waals surface area contributed by atoms with E-state index in [0.717, 1.165) is 22.6 Å². The fourth-order valence-corrected chi connectivity index (χ4v) is 3.24. The number of hydrogen-bond acceptors (Lipinski definition) is 0. The summed E-state index contributed by atoms with van der Waals surface area (Å²) in [6.45, 7) is 0. The molecule has 0 amide bonds. The minimum absolute atomic E-state index is 0.0867. The zero-order valence-corrected chi connectivity index (χ0v) is 13.2. The maximum absolute atomic E-state index is 6.20. The molecule has 0 radical (unpaired) electrons. The van der Waals surface area contributed by atoms with Crippen molar-refractivity contribution in [3.05, 3.63) is 68.7 Å². The Morgan fingerprint density at radius 1 is 0.889 bits per heavy atom. The molecule has 0 aromatic heterocycles. The number of alkyl halides is 1. The molecule has 0 N–H and O–H groups in total. The van der Waals surface area contributed by atoms with Gasteiger partial charge in [-0.3, -0.25) is 0 Å². The Labute approximate surface area is 130 Å². The molecule has 0 spiro atoms. The largest absolute Gasteiger partial charge is 0.0840 e. The summed E-state index contributed by atoms with van der Waals surface area (Å²) in [5.74, 6) is 0. The summed E-state index contributed by atoms with van der Waals surface area (Å²) in [5, 5.41) is 1.92. The second-order valence-electron chi connectivity index (χ2n) is 3.91. The smallest absolute Gasteiger partial charge is 0.0635 e. The van der Waals surface area contributed by atoms with Crippen LogP contribution in [0.2, 0.25) is 15.1 Å². The van der Waals surface area contributed by atoms with E-state index in [1.807, 2.05) is 36.4 Å². The van der Waals surface area contributed by atoms with Crippen LogP contribution in [0.1, 0.15) is 16.0 Å². The highest BCUT2D eigenvalue weighted by atomic mass is 79.9. The van der Waals surface area contributed by atoms with Gasteiger partial charge in [0.25, 0.3) is 0 Å². The monoisotopic (exact) mass is 362 g/mol. The molecule has 0 saturated carbocycles. The Morgan fingerprint density at radius 2 is 1.56 bits per heavy atom. The van der Waals surface area contributed by atoms with Crippen molar-refractivity contribution in [2.45, 2.75) is 11.2 Å². The van der Waals surface area contributed by atoms with E-state index in [9.17, 15) is 0 Å². The Bertz CT molecular complexity index is 554. The van der Waals surface area contributed by atoms with Gasteiger partial charge in [-0.2, -0.15) is 0 Å². The molecule has 0 bridgehead atoms. The van der Waals surface area contributed by atoms with Gasteiger partial charge in [-0.15, -0.1) is 0 Å². The molecule has 2 aromatic carbocycles. The molecule has 18 heavy (non-hydrogen) atoms. The third kappa shape index (κ3) is 3.21. The minimum Gasteiger partial charge on any atom is -0.0840 e. The minimum atomic E-state index is 0.0867. The van der Waals surface area contributed by atoms with Gasteiger partial charge in [-0.25, -0.2) is 0 Å². The molecule has 0 heterocycles. The second-order valence-corrected chi connectivity index (χ2v) is 6.20. The molecule has 94 valence electrons. The molecule has 2 aromatic rings. The normalized spacial score (nSPS) is 12.4. The van der Waals surface area contributed by atoms with E-state index in [1.54, 1.807) is 6.07 Å². The van der Waals surface area contributed by atoms with Gasteiger partial charge in [0.15, 0.2) is 0 Å². The fraction of sp³-hybridized carbons (Fsp3) is 0.143. The molecule has 4 heteroatoms. The average molecular weight is 364 g/mol. The Balaban J connectivity index is 2.25. The van der Waals surface area contributed by atoms with E-state index in [4.69, 9.17) is 34.8 Å². The summed E-state index contributed by atoms with van der Waals surface area (Å²) in [6.07, 6.45) is 0.764. The molecular weight excluding hydrogens is 354 g/mol.